The summed E-state index contributed by atoms with van der Waals surface area (Å²) in [7, 11) is -3.19. The van der Waals surface area contributed by atoms with Crippen LogP contribution in [-0.2, 0) is 16.6 Å². The molecule has 22 heavy (non-hydrogen) atoms. The van der Waals surface area contributed by atoms with Gasteiger partial charge in [0, 0.05) is 30.6 Å². The van der Waals surface area contributed by atoms with Crippen molar-refractivity contribution in [2.45, 2.75) is 32.1 Å². The Morgan fingerprint density at radius 3 is 2.91 bits per heavy atom. The molecule has 1 aliphatic rings. The first-order valence-electron chi connectivity index (χ1n) is 7.69. The second kappa shape index (κ2) is 6.02. The van der Waals surface area contributed by atoms with E-state index in [2.05, 4.69) is 15.7 Å². The third kappa shape index (κ3) is 2.91. The number of furan rings is 1. The largest absolute Gasteiger partial charge is 0.461 e. The van der Waals surface area contributed by atoms with Crippen molar-refractivity contribution < 1.29 is 12.8 Å². The van der Waals surface area contributed by atoms with Crippen LogP contribution >= 0.6 is 0 Å². The lowest BCUT2D eigenvalue weighted by atomic mass is 10.1. The minimum atomic E-state index is -3.19. The van der Waals surface area contributed by atoms with E-state index in [0.29, 0.717) is 19.5 Å². The van der Waals surface area contributed by atoms with E-state index >= 15 is 0 Å². The average Bonchev–Trinajstić information content (AvgIpc) is 3.06. The van der Waals surface area contributed by atoms with E-state index in [-0.39, 0.29) is 5.25 Å². The lowest BCUT2D eigenvalue weighted by Crippen LogP contribution is -2.36. The number of nitrogens with one attached hydrogen (secondary N) is 1. The number of hydrogen-bond donors (Lipinski definition) is 1. The van der Waals surface area contributed by atoms with Crippen LogP contribution in [0.5, 0.6) is 0 Å². The first kappa shape index (κ1) is 15.5. The van der Waals surface area contributed by atoms with Crippen molar-refractivity contribution >= 4 is 21.0 Å². The van der Waals surface area contributed by atoms with E-state index in [9.17, 15) is 8.42 Å². The van der Waals surface area contributed by atoms with Crippen molar-refractivity contribution in [1.82, 2.24) is 9.62 Å². The van der Waals surface area contributed by atoms with Crippen LogP contribution in [0, 0.1) is 6.92 Å². The quantitative estimate of drug-likeness (QED) is 0.917. The minimum absolute atomic E-state index is 0.314. The SMILES string of the molecule is CCNS(=O)(=O)C1CCN(Cc2c(C)oc3ccccc23)C1. The van der Waals surface area contributed by atoms with E-state index in [1.165, 1.54) is 0 Å². The third-order valence-electron chi connectivity index (χ3n) is 4.30. The Morgan fingerprint density at radius 1 is 1.36 bits per heavy atom. The van der Waals surface area contributed by atoms with Gasteiger partial charge in [0.2, 0.25) is 10.0 Å². The number of nitrogens with zero attached hydrogens (tertiary/aromatic N) is 1. The highest BCUT2D eigenvalue weighted by Crippen LogP contribution is 2.28. The van der Waals surface area contributed by atoms with Crippen LogP contribution in [0.1, 0.15) is 24.7 Å². The molecule has 1 N–H and O–H groups in total. The number of para-hydroxylation sites is 1. The highest BCUT2D eigenvalue weighted by molar-refractivity contribution is 7.90. The van der Waals surface area contributed by atoms with Gasteiger partial charge >= 0.3 is 0 Å². The lowest BCUT2D eigenvalue weighted by molar-refractivity contribution is 0.329. The normalized spacial score (nSPS) is 20.0. The van der Waals surface area contributed by atoms with Gasteiger partial charge in [-0.1, -0.05) is 25.1 Å². The summed E-state index contributed by atoms with van der Waals surface area (Å²) < 4.78 is 32.6. The van der Waals surface area contributed by atoms with Gasteiger partial charge in [-0.3, -0.25) is 4.90 Å². The Kier molecular flexibility index (Phi) is 4.25. The van der Waals surface area contributed by atoms with Crippen LogP contribution in [0.2, 0.25) is 0 Å². The Morgan fingerprint density at radius 2 is 2.14 bits per heavy atom. The predicted octanol–water partition coefficient (Wildman–Crippen LogP) is 2.25. The number of hydrogen-bond acceptors (Lipinski definition) is 4. The molecule has 6 heteroatoms. The smallest absolute Gasteiger partial charge is 0.215 e. The third-order valence-corrected chi connectivity index (χ3v) is 6.25. The van der Waals surface area contributed by atoms with Gasteiger partial charge in [-0.2, -0.15) is 0 Å². The van der Waals surface area contributed by atoms with Crippen LogP contribution in [-0.4, -0.2) is 38.2 Å². The molecule has 0 saturated carbocycles. The van der Waals surface area contributed by atoms with Crippen molar-refractivity contribution in [3.05, 3.63) is 35.6 Å². The van der Waals surface area contributed by atoms with E-state index in [1.807, 2.05) is 32.0 Å². The number of rotatable bonds is 5. The van der Waals surface area contributed by atoms with Crippen LogP contribution in [0.15, 0.2) is 28.7 Å². The molecule has 2 heterocycles. The van der Waals surface area contributed by atoms with E-state index in [1.54, 1.807) is 0 Å². The molecule has 1 unspecified atom stereocenters. The second-order valence-corrected chi connectivity index (χ2v) is 7.87. The molecular formula is C16H22N2O3S. The van der Waals surface area contributed by atoms with Crippen molar-refractivity contribution in [3.8, 4) is 0 Å². The maximum absolute atomic E-state index is 12.1. The number of aryl methyl sites for hydroxylation is 1. The number of benzene rings is 1. The number of sulfonamides is 1. The standard InChI is InChI=1S/C16H22N2O3S/c1-3-17-22(19,20)13-8-9-18(10-13)11-15-12(2)21-16-7-5-4-6-14(15)16/h4-7,13,17H,3,8-11H2,1-2H3. The molecule has 1 saturated heterocycles. The minimum Gasteiger partial charge on any atom is -0.461 e. The fourth-order valence-electron chi connectivity index (χ4n) is 3.15. The van der Waals surface area contributed by atoms with Gasteiger partial charge < -0.3 is 4.42 Å². The molecule has 1 aliphatic heterocycles. The molecule has 0 spiro atoms. The molecule has 0 bridgehead atoms. The number of likely N-dealkylation sites (tertiary alicyclic amines) is 1. The summed E-state index contributed by atoms with van der Waals surface area (Å²) >= 11 is 0. The summed E-state index contributed by atoms with van der Waals surface area (Å²) in [6.45, 7) is 6.34. The Balaban J connectivity index is 1.76. The molecule has 1 atom stereocenters. The van der Waals surface area contributed by atoms with Crippen LogP contribution in [0.4, 0.5) is 0 Å². The average molecular weight is 322 g/mol. The molecular weight excluding hydrogens is 300 g/mol. The first-order chi connectivity index (χ1) is 10.5. The second-order valence-electron chi connectivity index (χ2n) is 5.82. The van der Waals surface area contributed by atoms with Gasteiger partial charge in [0.25, 0.3) is 0 Å². The summed E-state index contributed by atoms with van der Waals surface area (Å²) in [5.41, 5.74) is 2.06. The van der Waals surface area contributed by atoms with E-state index in [0.717, 1.165) is 35.4 Å². The molecule has 2 aromatic rings. The van der Waals surface area contributed by atoms with Crippen molar-refractivity contribution in [3.63, 3.8) is 0 Å². The molecule has 0 aliphatic carbocycles. The zero-order valence-corrected chi connectivity index (χ0v) is 13.8. The summed E-state index contributed by atoms with van der Waals surface area (Å²) in [5.74, 6) is 0.916. The van der Waals surface area contributed by atoms with Gasteiger partial charge in [-0.05, 0) is 26.0 Å². The summed E-state index contributed by atoms with van der Waals surface area (Å²) in [6.07, 6.45) is 0.685. The van der Waals surface area contributed by atoms with Gasteiger partial charge in [-0.15, -0.1) is 0 Å². The van der Waals surface area contributed by atoms with Crippen LogP contribution in [0.25, 0.3) is 11.0 Å². The Hall–Kier alpha value is -1.37. The van der Waals surface area contributed by atoms with Crippen molar-refractivity contribution in [2.24, 2.45) is 0 Å². The molecule has 1 aromatic heterocycles. The van der Waals surface area contributed by atoms with Gasteiger partial charge in [0.1, 0.15) is 11.3 Å². The van der Waals surface area contributed by atoms with Crippen molar-refractivity contribution in [1.29, 1.82) is 0 Å². The lowest BCUT2D eigenvalue weighted by Gasteiger charge is -2.16. The van der Waals surface area contributed by atoms with E-state index < -0.39 is 10.0 Å². The Labute approximate surface area is 131 Å². The zero-order valence-electron chi connectivity index (χ0n) is 13.0. The van der Waals surface area contributed by atoms with Gasteiger partial charge in [0.15, 0.2) is 0 Å². The molecule has 0 amide bonds. The summed E-state index contributed by atoms with van der Waals surface area (Å²) in [4.78, 5) is 2.20. The molecule has 3 rings (SSSR count). The predicted molar refractivity (Wildman–Crippen MR) is 87.2 cm³/mol. The van der Waals surface area contributed by atoms with Crippen LogP contribution < -0.4 is 4.72 Å². The molecule has 0 radical (unpaired) electrons. The van der Waals surface area contributed by atoms with Gasteiger partial charge in [-0.25, -0.2) is 13.1 Å². The monoisotopic (exact) mass is 322 g/mol. The summed E-state index contributed by atoms with van der Waals surface area (Å²) in [6, 6.07) is 7.99. The maximum atomic E-state index is 12.1. The molecule has 1 fully saturated rings. The van der Waals surface area contributed by atoms with Crippen molar-refractivity contribution in [2.75, 3.05) is 19.6 Å². The number of fused-ring (bicyclic) bond motifs is 1. The first-order valence-corrected chi connectivity index (χ1v) is 9.23. The molecule has 1 aromatic carbocycles. The molecule has 5 nitrogen and oxygen atoms in total. The van der Waals surface area contributed by atoms with Gasteiger partial charge in [0.05, 0.1) is 5.25 Å². The zero-order chi connectivity index (χ0) is 15.7. The Bertz CT molecular complexity index is 767. The van der Waals surface area contributed by atoms with E-state index in [4.69, 9.17) is 4.42 Å². The molecule has 120 valence electrons. The fourth-order valence-corrected chi connectivity index (χ4v) is 4.62. The highest BCUT2D eigenvalue weighted by Gasteiger charge is 2.33. The fraction of sp³-hybridized carbons (Fsp3) is 0.500. The highest BCUT2D eigenvalue weighted by atomic mass is 32.2. The topological polar surface area (TPSA) is 62.6 Å². The van der Waals surface area contributed by atoms with Crippen LogP contribution in [0.3, 0.4) is 0 Å². The summed E-state index contributed by atoms with van der Waals surface area (Å²) in [5, 5.41) is 0.809. The maximum Gasteiger partial charge on any atom is 0.215 e.